The molecule has 1 saturated heterocycles. The van der Waals surface area contributed by atoms with E-state index in [1.54, 1.807) is 0 Å². The highest BCUT2D eigenvalue weighted by atomic mass is 35.5. The van der Waals surface area contributed by atoms with Gasteiger partial charge in [-0.1, -0.05) is 31.2 Å². The topological polar surface area (TPSA) is 38.8 Å². The molecule has 3 nitrogen and oxygen atoms in total. The Hall–Kier alpha value is -0.800. The van der Waals surface area contributed by atoms with Crippen LogP contribution in [0.3, 0.4) is 0 Å². The highest BCUT2D eigenvalue weighted by molar-refractivity contribution is 6.20. The van der Waals surface area contributed by atoms with Gasteiger partial charge in [0.15, 0.2) is 0 Å². The molecule has 1 aliphatic heterocycles. The van der Waals surface area contributed by atoms with E-state index < -0.39 is 0 Å². The van der Waals surface area contributed by atoms with Gasteiger partial charge >= 0.3 is 5.97 Å². The molecule has 5 unspecified atom stereocenters. The first-order valence-electron chi connectivity index (χ1n) is 8.85. The van der Waals surface area contributed by atoms with Crippen LogP contribution in [0.5, 0.6) is 0 Å². The molecule has 0 N–H and O–H groups in total. The van der Waals surface area contributed by atoms with Crippen LogP contribution in [0.2, 0.25) is 0 Å². The van der Waals surface area contributed by atoms with Crippen molar-refractivity contribution in [3.8, 4) is 0 Å². The molecule has 130 valence electrons. The molecule has 0 spiro atoms. The maximum absolute atomic E-state index is 11.0. The van der Waals surface area contributed by atoms with Gasteiger partial charge in [-0.05, 0) is 44.4 Å². The second-order valence-corrected chi connectivity index (χ2v) is 7.06. The zero-order chi connectivity index (χ0) is 16.7. The number of methoxy groups -OCH3 is 1. The summed E-state index contributed by atoms with van der Waals surface area (Å²) in [4.78, 5) is 11.0. The van der Waals surface area contributed by atoms with Gasteiger partial charge in [0, 0.05) is 17.7 Å². The molecule has 2 fully saturated rings. The van der Waals surface area contributed by atoms with Crippen molar-refractivity contribution in [2.75, 3.05) is 7.11 Å². The second-order valence-electron chi connectivity index (χ2n) is 6.50. The van der Waals surface area contributed by atoms with Crippen LogP contribution >= 0.6 is 11.6 Å². The molecule has 2 rings (SSSR count). The van der Waals surface area contributed by atoms with E-state index in [2.05, 4.69) is 36.0 Å². The number of ether oxygens (including phenoxy) is 2. The SMILES string of the molecule is CCC(Cl)C1CC2OC2C1C=CCC=CCCCCC(=O)OC. The molecule has 1 aliphatic carbocycles. The first kappa shape index (κ1) is 18.5. The molecule has 5 atom stereocenters. The number of carbonyl (C=O) groups is 1. The zero-order valence-corrected chi connectivity index (χ0v) is 15.0. The van der Waals surface area contributed by atoms with E-state index in [4.69, 9.17) is 16.3 Å². The summed E-state index contributed by atoms with van der Waals surface area (Å²) >= 11 is 6.46. The van der Waals surface area contributed by atoms with Crippen LogP contribution in [-0.2, 0) is 14.3 Å². The fourth-order valence-corrected chi connectivity index (χ4v) is 3.73. The minimum absolute atomic E-state index is 0.117. The van der Waals surface area contributed by atoms with Gasteiger partial charge in [0.2, 0.25) is 0 Å². The molecule has 4 heteroatoms. The van der Waals surface area contributed by atoms with E-state index >= 15 is 0 Å². The molecule has 23 heavy (non-hydrogen) atoms. The first-order chi connectivity index (χ1) is 11.2. The number of esters is 1. The Balaban J connectivity index is 1.60. The lowest BCUT2D eigenvalue weighted by Gasteiger charge is -2.23. The molecular weight excluding hydrogens is 312 g/mol. The zero-order valence-electron chi connectivity index (χ0n) is 14.2. The van der Waals surface area contributed by atoms with Gasteiger partial charge in [-0.3, -0.25) is 4.79 Å². The van der Waals surface area contributed by atoms with Crippen LogP contribution in [0.1, 0.15) is 51.9 Å². The number of halogens is 1. The largest absolute Gasteiger partial charge is 0.469 e. The standard InChI is InChI=1S/C19H29ClO3/c1-3-16(20)15-13-17-19(23-17)14(15)11-9-7-5-4-6-8-10-12-18(21)22-2/h4-5,9,11,14-17,19H,3,6-8,10,12-13H2,1-2H3. The lowest BCUT2D eigenvalue weighted by atomic mass is 9.90. The average Bonchev–Trinajstić information content (AvgIpc) is 3.25. The average molecular weight is 341 g/mol. The maximum atomic E-state index is 11.0. The highest BCUT2D eigenvalue weighted by Gasteiger charge is 2.55. The Labute approximate surface area is 145 Å². The Bertz CT molecular complexity index is 432. The summed E-state index contributed by atoms with van der Waals surface area (Å²) in [5, 5.41) is 0.270. The molecule has 0 aromatic rings. The molecule has 0 aromatic heterocycles. The summed E-state index contributed by atoms with van der Waals surface area (Å²) in [6, 6.07) is 0. The number of rotatable bonds is 10. The monoisotopic (exact) mass is 340 g/mol. The van der Waals surface area contributed by atoms with Gasteiger partial charge < -0.3 is 9.47 Å². The van der Waals surface area contributed by atoms with Crippen LogP contribution in [-0.4, -0.2) is 30.7 Å². The number of carbonyl (C=O) groups excluding carboxylic acids is 1. The maximum Gasteiger partial charge on any atom is 0.305 e. The van der Waals surface area contributed by atoms with Crippen LogP contribution in [0, 0.1) is 11.8 Å². The van der Waals surface area contributed by atoms with Crippen LogP contribution in [0.25, 0.3) is 0 Å². The number of hydrogen-bond acceptors (Lipinski definition) is 3. The molecule has 1 saturated carbocycles. The predicted molar refractivity (Wildman–Crippen MR) is 93.6 cm³/mol. The number of alkyl halides is 1. The molecule has 1 heterocycles. The highest BCUT2D eigenvalue weighted by Crippen LogP contribution is 2.50. The normalized spacial score (nSPS) is 30.7. The van der Waals surface area contributed by atoms with Crippen molar-refractivity contribution in [2.45, 2.75) is 69.5 Å². The van der Waals surface area contributed by atoms with Crippen molar-refractivity contribution in [1.82, 2.24) is 0 Å². The first-order valence-corrected chi connectivity index (χ1v) is 9.29. The quantitative estimate of drug-likeness (QED) is 0.191. The molecule has 2 aliphatic rings. The van der Waals surface area contributed by atoms with Crippen LogP contribution in [0.15, 0.2) is 24.3 Å². The van der Waals surface area contributed by atoms with Gasteiger partial charge in [-0.2, -0.15) is 0 Å². The number of allylic oxidation sites excluding steroid dienone is 3. The third-order valence-corrected chi connectivity index (χ3v) is 5.51. The Morgan fingerprint density at radius 2 is 2.17 bits per heavy atom. The third-order valence-electron chi connectivity index (χ3n) is 4.88. The van der Waals surface area contributed by atoms with Gasteiger partial charge in [0.05, 0.1) is 19.3 Å². The fourth-order valence-electron chi connectivity index (χ4n) is 3.46. The summed E-state index contributed by atoms with van der Waals surface area (Å²) < 4.78 is 10.3. The summed E-state index contributed by atoms with van der Waals surface area (Å²) in [5.74, 6) is 0.952. The second kappa shape index (κ2) is 9.48. The van der Waals surface area contributed by atoms with E-state index in [0.29, 0.717) is 30.5 Å². The Morgan fingerprint density at radius 3 is 2.91 bits per heavy atom. The number of hydrogen-bond donors (Lipinski definition) is 0. The van der Waals surface area contributed by atoms with E-state index in [0.717, 1.165) is 38.5 Å². The minimum Gasteiger partial charge on any atom is -0.469 e. The third kappa shape index (κ3) is 5.65. The smallest absolute Gasteiger partial charge is 0.305 e. The number of unbranched alkanes of at least 4 members (excludes halogenated alkanes) is 2. The van der Waals surface area contributed by atoms with Crippen LogP contribution in [0.4, 0.5) is 0 Å². The predicted octanol–water partition coefficient (Wildman–Crippen LogP) is 4.64. The lowest BCUT2D eigenvalue weighted by molar-refractivity contribution is -0.140. The van der Waals surface area contributed by atoms with Crippen molar-refractivity contribution >= 4 is 17.6 Å². The Morgan fingerprint density at radius 1 is 1.35 bits per heavy atom. The molecule has 0 radical (unpaired) electrons. The summed E-state index contributed by atoms with van der Waals surface area (Å²) in [6.45, 7) is 2.16. The van der Waals surface area contributed by atoms with E-state index in [1.807, 2.05) is 0 Å². The van der Waals surface area contributed by atoms with Crippen molar-refractivity contribution in [3.63, 3.8) is 0 Å². The minimum atomic E-state index is -0.117. The molecule has 0 amide bonds. The Kier molecular flexibility index (Phi) is 7.64. The van der Waals surface area contributed by atoms with Crippen molar-refractivity contribution in [3.05, 3.63) is 24.3 Å². The lowest BCUT2D eigenvalue weighted by Crippen LogP contribution is -2.22. The van der Waals surface area contributed by atoms with Gasteiger partial charge in [0.25, 0.3) is 0 Å². The number of epoxide rings is 1. The summed E-state index contributed by atoms with van der Waals surface area (Å²) in [7, 11) is 1.44. The van der Waals surface area contributed by atoms with Crippen molar-refractivity contribution < 1.29 is 14.3 Å². The van der Waals surface area contributed by atoms with Gasteiger partial charge in [-0.25, -0.2) is 0 Å². The fraction of sp³-hybridized carbons (Fsp3) is 0.737. The molecular formula is C19H29ClO3. The van der Waals surface area contributed by atoms with Crippen molar-refractivity contribution in [2.24, 2.45) is 11.8 Å². The van der Waals surface area contributed by atoms with Gasteiger partial charge in [-0.15, -0.1) is 11.6 Å². The van der Waals surface area contributed by atoms with Crippen LogP contribution < -0.4 is 0 Å². The summed E-state index contributed by atoms with van der Waals surface area (Å²) in [6.07, 6.45) is 16.4. The van der Waals surface area contributed by atoms with Crippen molar-refractivity contribution in [1.29, 1.82) is 0 Å². The number of fused-ring (bicyclic) bond motifs is 1. The van der Waals surface area contributed by atoms with E-state index in [1.165, 1.54) is 7.11 Å². The molecule has 0 bridgehead atoms. The van der Waals surface area contributed by atoms with Gasteiger partial charge in [0.1, 0.15) is 0 Å². The van der Waals surface area contributed by atoms with E-state index in [-0.39, 0.29) is 11.3 Å². The summed E-state index contributed by atoms with van der Waals surface area (Å²) in [5.41, 5.74) is 0. The van der Waals surface area contributed by atoms with E-state index in [9.17, 15) is 4.79 Å². The molecule has 0 aromatic carbocycles.